The van der Waals surface area contributed by atoms with Crippen molar-refractivity contribution >= 4 is 11.3 Å². The van der Waals surface area contributed by atoms with E-state index in [2.05, 4.69) is 5.43 Å². The summed E-state index contributed by atoms with van der Waals surface area (Å²) in [5.41, 5.74) is 3.88. The Morgan fingerprint density at radius 1 is 1.25 bits per heavy atom. The highest BCUT2D eigenvalue weighted by molar-refractivity contribution is 7.10. The summed E-state index contributed by atoms with van der Waals surface area (Å²) in [5.74, 6) is 7.43. The Labute approximate surface area is 123 Å². The standard InChI is InChI=1S/C15H20N2O2S/c1-10(2)19-13-7-5-4-6-12(13)15(17-16)14-8-11(18-3)9-20-14/h4-10,15,17H,16H2,1-3H3. The van der Waals surface area contributed by atoms with Crippen LogP contribution in [0.15, 0.2) is 35.7 Å². The van der Waals surface area contributed by atoms with Gasteiger partial charge in [-0.2, -0.15) is 0 Å². The molecular formula is C15H20N2O2S. The molecular weight excluding hydrogens is 272 g/mol. The Balaban J connectivity index is 2.36. The molecule has 4 nitrogen and oxygen atoms in total. The van der Waals surface area contributed by atoms with Crippen molar-refractivity contribution in [2.75, 3.05) is 7.11 Å². The van der Waals surface area contributed by atoms with Crippen molar-refractivity contribution in [3.05, 3.63) is 46.2 Å². The molecule has 1 unspecified atom stereocenters. The van der Waals surface area contributed by atoms with Crippen molar-refractivity contribution < 1.29 is 9.47 Å². The molecule has 0 aliphatic rings. The number of hydrazine groups is 1. The van der Waals surface area contributed by atoms with Crippen LogP contribution >= 0.6 is 11.3 Å². The smallest absolute Gasteiger partial charge is 0.129 e. The second-order valence-corrected chi connectivity index (χ2v) is 5.64. The maximum absolute atomic E-state index is 5.86. The summed E-state index contributed by atoms with van der Waals surface area (Å²) in [4.78, 5) is 1.09. The molecule has 3 N–H and O–H groups in total. The second-order valence-electron chi connectivity index (χ2n) is 4.69. The van der Waals surface area contributed by atoms with E-state index in [1.165, 1.54) is 0 Å². The van der Waals surface area contributed by atoms with Crippen LogP contribution in [0.1, 0.15) is 30.3 Å². The maximum atomic E-state index is 5.86. The second kappa shape index (κ2) is 6.74. The van der Waals surface area contributed by atoms with E-state index in [-0.39, 0.29) is 12.1 Å². The van der Waals surface area contributed by atoms with Gasteiger partial charge in [-0.25, -0.2) is 5.43 Å². The first-order valence-corrected chi connectivity index (χ1v) is 7.37. The van der Waals surface area contributed by atoms with E-state index in [0.717, 1.165) is 21.9 Å². The fourth-order valence-corrected chi connectivity index (χ4v) is 2.93. The van der Waals surface area contributed by atoms with E-state index < -0.39 is 0 Å². The molecule has 0 aliphatic heterocycles. The zero-order valence-corrected chi connectivity index (χ0v) is 12.7. The summed E-state index contributed by atoms with van der Waals surface area (Å²) in [6.07, 6.45) is 0.118. The summed E-state index contributed by atoms with van der Waals surface area (Å²) in [7, 11) is 1.66. The number of ether oxygens (including phenoxy) is 2. The third kappa shape index (κ3) is 3.30. The summed E-state index contributed by atoms with van der Waals surface area (Å²) in [6, 6.07) is 9.81. The van der Waals surface area contributed by atoms with Crippen LogP contribution < -0.4 is 20.7 Å². The molecule has 108 valence electrons. The monoisotopic (exact) mass is 292 g/mol. The van der Waals surface area contributed by atoms with Crippen LogP contribution in [0, 0.1) is 0 Å². The van der Waals surface area contributed by atoms with Crippen molar-refractivity contribution in [1.82, 2.24) is 5.43 Å². The average Bonchev–Trinajstić information content (AvgIpc) is 2.90. The fourth-order valence-electron chi connectivity index (χ4n) is 2.00. The highest BCUT2D eigenvalue weighted by Crippen LogP contribution is 2.35. The normalized spacial score (nSPS) is 12.4. The zero-order chi connectivity index (χ0) is 14.5. The Kier molecular flexibility index (Phi) is 5.00. The largest absolute Gasteiger partial charge is 0.496 e. The lowest BCUT2D eigenvalue weighted by Crippen LogP contribution is -2.28. The Bertz CT molecular complexity index is 554. The predicted octanol–water partition coefficient (Wildman–Crippen LogP) is 3.10. The molecule has 0 spiro atoms. The maximum Gasteiger partial charge on any atom is 0.129 e. The van der Waals surface area contributed by atoms with E-state index in [9.17, 15) is 0 Å². The van der Waals surface area contributed by atoms with E-state index >= 15 is 0 Å². The number of methoxy groups -OCH3 is 1. The third-order valence-corrected chi connectivity index (χ3v) is 3.85. The van der Waals surface area contributed by atoms with E-state index in [1.807, 2.05) is 49.6 Å². The van der Waals surface area contributed by atoms with Gasteiger partial charge in [0.05, 0.1) is 19.3 Å². The summed E-state index contributed by atoms with van der Waals surface area (Å²) in [6.45, 7) is 4.02. The van der Waals surface area contributed by atoms with Gasteiger partial charge in [0.15, 0.2) is 0 Å². The number of para-hydroxylation sites is 1. The van der Waals surface area contributed by atoms with Crippen molar-refractivity contribution in [1.29, 1.82) is 0 Å². The van der Waals surface area contributed by atoms with Crippen molar-refractivity contribution in [2.45, 2.75) is 26.0 Å². The Morgan fingerprint density at radius 3 is 2.60 bits per heavy atom. The van der Waals surface area contributed by atoms with Gasteiger partial charge in [0.25, 0.3) is 0 Å². The van der Waals surface area contributed by atoms with Crippen LogP contribution in [0.3, 0.4) is 0 Å². The minimum Gasteiger partial charge on any atom is -0.496 e. The van der Waals surface area contributed by atoms with E-state index in [0.29, 0.717) is 0 Å². The van der Waals surface area contributed by atoms with Crippen molar-refractivity contribution in [2.24, 2.45) is 5.84 Å². The summed E-state index contributed by atoms with van der Waals surface area (Å²) in [5, 5.41) is 1.96. The molecule has 0 fully saturated rings. The molecule has 1 aromatic carbocycles. The number of nitrogens with two attached hydrogens (primary N) is 1. The number of nitrogens with one attached hydrogen (secondary N) is 1. The molecule has 0 saturated heterocycles. The first-order valence-electron chi connectivity index (χ1n) is 6.49. The molecule has 0 aliphatic carbocycles. The number of hydrogen-bond acceptors (Lipinski definition) is 5. The van der Waals surface area contributed by atoms with Crippen LogP contribution in [0.25, 0.3) is 0 Å². The van der Waals surface area contributed by atoms with Gasteiger partial charge in [-0.3, -0.25) is 5.84 Å². The van der Waals surface area contributed by atoms with Crippen LogP contribution in [0.2, 0.25) is 0 Å². The molecule has 1 heterocycles. The number of thiophene rings is 1. The lowest BCUT2D eigenvalue weighted by molar-refractivity contribution is 0.238. The molecule has 5 heteroatoms. The zero-order valence-electron chi connectivity index (χ0n) is 11.9. The minimum absolute atomic E-state index is 0.112. The Morgan fingerprint density at radius 2 is 2.00 bits per heavy atom. The lowest BCUT2D eigenvalue weighted by atomic mass is 10.0. The minimum atomic E-state index is -0.112. The van der Waals surface area contributed by atoms with Gasteiger partial charge < -0.3 is 9.47 Å². The van der Waals surface area contributed by atoms with E-state index in [4.69, 9.17) is 15.3 Å². The Hall–Kier alpha value is -1.56. The average molecular weight is 292 g/mol. The van der Waals surface area contributed by atoms with Crippen LogP contribution in [0.4, 0.5) is 0 Å². The van der Waals surface area contributed by atoms with Crippen LogP contribution in [-0.4, -0.2) is 13.2 Å². The first kappa shape index (κ1) is 14.8. The molecule has 1 atom stereocenters. The van der Waals surface area contributed by atoms with Gasteiger partial charge in [-0.15, -0.1) is 11.3 Å². The van der Waals surface area contributed by atoms with Gasteiger partial charge in [-0.1, -0.05) is 18.2 Å². The predicted molar refractivity (Wildman–Crippen MR) is 82.2 cm³/mol. The molecule has 20 heavy (non-hydrogen) atoms. The lowest BCUT2D eigenvalue weighted by Gasteiger charge is -2.20. The molecule has 0 radical (unpaired) electrons. The number of hydrogen-bond donors (Lipinski definition) is 2. The highest BCUT2D eigenvalue weighted by atomic mass is 32.1. The third-order valence-electron chi connectivity index (χ3n) is 2.88. The van der Waals surface area contributed by atoms with Gasteiger partial charge >= 0.3 is 0 Å². The molecule has 0 bridgehead atoms. The van der Waals surface area contributed by atoms with Crippen LogP contribution in [-0.2, 0) is 0 Å². The number of rotatable bonds is 6. The number of benzene rings is 1. The molecule has 0 amide bonds. The van der Waals surface area contributed by atoms with Gasteiger partial charge in [-0.05, 0) is 26.0 Å². The molecule has 2 aromatic rings. The molecule has 2 rings (SSSR count). The highest BCUT2D eigenvalue weighted by Gasteiger charge is 2.19. The van der Waals surface area contributed by atoms with Crippen molar-refractivity contribution in [3.8, 4) is 11.5 Å². The quantitative estimate of drug-likeness (QED) is 0.634. The molecule has 0 saturated carbocycles. The first-order chi connectivity index (χ1) is 9.65. The van der Waals surface area contributed by atoms with E-state index in [1.54, 1.807) is 18.4 Å². The fraction of sp³-hybridized carbons (Fsp3) is 0.333. The van der Waals surface area contributed by atoms with Gasteiger partial charge in [0.1, 0.15) is 11.5 Å². The summed E-state index contributed by atoms with van der Waals surface area (Å²) < 4.78 is 11.1. The SMILES string of the molecule is COc1csc(C(NN)c2ccccc2OC(C)C)c1. The van der Waals surface area contributed by atoms with Crippen LogP contribution in [0.5, 0.6) is 11.5 Å². The van der Waals surface area contributed by atoms with Gasteiger partial charge in [0.2, 0.25) is 0 Å². The summed E-state index contributed by atoms with van der Waals surface area (Å²) >= 11 is 1.61. The van der Waals surface area contributed by atoms with Crippen molar-refractivity contribution in [3.63, 3.8) is 0 Å². The molecule has 1 aromatic heterocycles. The topological polar surface area (TPSA) is 56.5 Å². The van der Waals surface area contributed by atoms with Gasteiger partial charge in [0, 0.05) is 15.8 Å².